The van der Waals surface area contributed by atoms with E-state index in [9.17, 15) is 4.79 Å². The summed E-state index contributed by atoms with van der Waals surface area (Å²) in [6, 6.07) is 0.378. The van der Waals surface area contributed by atoms with Gasteiger partial charge >= 0.3 is 0 Å². The van der Waals surface area contributed by atoms with Crippen LogP contribution in [0.3, 0.4) is 0 Å². The monoisotopic (exact) mass is 278 g/mol. The fraction of sp³-hybridized carbons (Fsp3) is 0.909. The number of rotatable bonds is 6. The second kappa shape index (κ2) is 6.48. The van der Waals surface area contributed by atoms with Gasteiger partial charge < -0.3 is 10.2 Å². The molecule has 0 aliphatic carbocycles. The molecule has 1 N–H and O–H groups in total. The molecule has 0 rings (SSSR count). The van der Waals surface area contributed by atoms with Crippen LogP contribution in [0.15, 0.2) is 0 Å². The lowest BCUT2D eigenvalue weighted by Gasteiger charge is -2.25. The minimum absolute atomic E-state index is 0.0410. The Morgan fingerprint density at radius 3 is 2.47 bits per heavy atom. The highest BCUT2D eigenvalue weighted by atomic mass is 79.9. The predicted octanol–water partition coefficient (Wildman–Crippen LogP) is 2.01. The normalized spacial score (nSPS) is 14.1. The first-order valence-corrected chi connectivity index (χ1v) is 6.25. The Hall–Kier alpha value is -0.0900. The van der Waals surface area contributed by atoms with E-state index in [0.29, 0.717) is 12.6 Å². The molecule has 0 aliphatic heterocycles. The zero-order valence-corrected chi connectivity index (χ0v) is 12.0. The number of nitrogens with one attached hydrogen (secondary N) is 1. The molecule has 0 bridgehead atoms. The van der Waals surface area contributed by atoms with Crippen molar-refractivity contribution in [3.8, 4) is 0 Å². The van der Waals surface area contributed by atoms with Crippen molar-refractivity contribution < 1.29 is 4.79 Å². The highest BCUT2D eigenvalue weighted by Gasteiger charge is 2.23. The molecule has 0 saturated heterocycles. The number of halogens is 1. The van der Waals surface area contributed by atoms with Crippen molar-refractivity contribution >= 4 is 21.8 Å². The first-order valence-electron chi connectivity index (χ1n) is 5.46. The smallest absolute Gasteiger partial charge is 0.236 e. The highest BCUT2D eigenvalue weighted by molar-refractivity contribution is 9.10. The minimum Gasteiger partial charge on any atom is -0.353 e. The van der Waals surface area contributed by atoms with E-state index >= 15 is 0 Å². The van der Waals surface area contributed by atoms with Gasteiger partial charge in [0.2, 0.25) is 5.91 Å². The molecular formula is C11H23BrN2O. The molecule has 3 nitrogen and oxygen atoms in total. The van der Waals surface area contributed by atoms with Crippen molar-refractivity contribution in [2.45, 2.75) is 44.5 Å². The van der Waals surface area contributed by atoms with E-state index in [1.54, 1.807) is 0 Å². The van der Waals surface area contributed by atoms with E-state index in [1.807, 2.05) is 13.8 Å². The molecule has 0 fully saturated rings. The van der Waals surface area contributed by atoms with Crippen molar-refractivity contribution in [2.75, 3.05) is 20.1 Å². The summed E-state index contributed by atoms with van der Waals surface area (Å²) in [5.41, 5.74) is 0. The topological polar surface area (TPSA) is 32.3 Å². The largest absolute Gasteiger partial charge is 0.353 e. The van der Waals surface area contributed by atoms with Crippen LogP contribution in [0.1, 0.15) is 34.1 Å². The summed E-state index contributed by atoms with van der Waals surface area (Å²) in [7, 11) is 2.08. The van der Waals surface area contributed by atoms with E-state index in [1.165, 1.54) is 0 Å². The zero-order chi connectivity index (χ0) is 12.1. The number of hydrogen-bond donors (Lipinski definition) is 1. The first-order chi connectivity index (χ1) is 6.79. The van der Waals surface area contributed by atoms with Crippen molar-refractivity contribution in [1.82, 2.24) is 10.2 Å². The summed E-state index contributed by atoms with van der Waals surface area (Å²) in [4.78, 5) is 13.8. The van der Waals surface area contributed by atoms with Crippen LogP contribution in [0, 0.1) is 0 Å². The number of carbonyl (C=O) groups excluding carboxylic acids is 1. The van der Waals surface area contributed by atoms with Gasteiger partial charge in [-0.15, -0.1) is 0 Å². The molecule has 4 heteroatoms. The fourth-order valence-electron chi connectivity index (χ4n) is 1.18. The molecule has 15 heavy (non-hydrogen) atoms. The Bertz CT molecular complexity index is 201. The van der Waals surface area contributed by atoms with Crippen LogP contribution in [0.5, 0.6) is 0 Å². The molecule has 0 aromatic heterocycles. The average molecular weight is 279 g/mol. The summed E-state index contributed by atoms with van der Waals surface area (Å²) >= 11 is 3.34. The van der Waals surface area contributed by atoms with Crippen LogP contribution in [-0.4, -0.2) is 41.3 Å². The van der Waals surface area contributed by atoms with Gasteiger partial charge in [0.05, 0.1) is 4.32 Å². The number of carbonyl (C=O) groups is 1. The lowest BCUT2D eigenvalue weighted by molar-refractivity contribution is -0.122. The second-order valence-electron chi connectivity index (χ2n) is 4.51. The fourth-order valence-corrected chi connectivity index (χ4v) is 1.32. The van der Waals surface area contributed by atoms with Gasteiger partial charge in [-0.2, -0.15) is 0 Å². The number of alkyl halides is 1. The third kappa shape index (κ3) is 6.15. The van der Waals surface area contributed by atoms with Gasteiger partial charge in [-0.3, -0.25) is 4.79 Å². The second-order valence-corrected chi connectivity index (χ2v) is 6.49. The molecular weight excluding hydrogens is 256 g/mol. The van der Waals surface area contributed by atoms with Crippen LogP contribution in [0.25, 0.3) is 0 Å². The van der Waals surface area contributed by atoms with Gasteiger partial charge in [0.15, 0.2) is 0 Å². The number of nitrogens with zero attached hydrogens (tertiary/aromatic N) is 1. The Kier molecular flexibility index (Phi) is 6.44. The number of hydrogen-bond acceptors (Lipinski definition) is 2. The molecule has 1 amide bonds. The molecule has 1 atom stereocenters. The van der Waals surface area contributed by atoms with Crippen LogP contribution in [0.4, 0.5) is 0 Å². The summed E-state index contributed by atoms with van der Waals surface area (Å²) in [5, 5.41) is 2.93. The Morgan fingerprint density at radius 1 is 1.53 bits per heavy atom. The number of likely N-dealkylation sites (N-methyl/N-ethyl adjacent to an activating group) is 1. The Balaban J connectivity index is 3.90. The molecule has 0 saturated carbocycles. The number of amides is 1. The molecule has 0 aromatic rings. The van der Waals surface area contributed by atoms with E-state index in [-0.39, 0.29) is 5.91 Å². The Morgan fingerprint density at radius 2 is 2.07 bits per heavy atom. The zero-order valence-electron chi connectivity index (χ0n) is 10.4. The van der Waals surface area contributed by atoms with E-state index in [2.05, 4.69) is 47.0 Å². The highest BCUT2D eigenvalue weighted by Crippen LogP contribution is 2.15. The van der Waals surface area contributed by atoms with E-state index in [0.717, 1.165) is 13.0 Å². The summed E-state index contributed by atoms with van der Waals surface area (Å²) in [6.07, 6.45) is 1.14. The summed E-state index contributed by atoms with van der Waals surface area (Å²) in [6.45, 7) is 9.74. The van der Waals surface area contributed by atoms with Gasteiger partial charge in [-0.05, 0) is 40.8 Å². The van der Waals surface area contributed by atoms with E-state index < -0.39 is 4.32 Å². The van der Waals surface area contributed by atoms with Crippen molar-refractivity contribution in [3.63, 3.8) is 0 Å². The predicted molar refractivity (Wildman–Crippen MR) is 68.4 cm³/mol. The molecule has 1 unspecified atom stereocenters. The quantitative estimate of drug-likeness (QED) is 0.754. The average Bonchev–Trinajstić information content (AvgIpc) is 2.12. The van der Waals surface area contributed by atoms with Crippen molar-refractivity contribution in [2.24, 2.45) is 0 Å². The molecule has 0 aromatic carbocycles. The maximum absolute atomic E-state index is 11.6. The molecule has 0 heterocycles. The standard InChI is InChI=1S/C11H23BrN2O/c1-6-7-14(5)9(2)8-13-10(15)11(3,4)12/h9H,6-8H2,1-5H3,(H,13,15). The maximum Gasteiger partial charge on any atom is 0.236 e. The van der Waals surface area contributed by atoms with Gasteiger partial charge in [-0.1, -0.05) is 22.9 Å². The van der Waals surface area contributed by atoms with Gasteiger partial charge in [-0.25, -0.2) is 0 Å². The van der Waals surface area contributed by atoms with E-state index in [4.69, 9.17) is 0 Å². The first kappa shape index (κ1) is 14.9. The lowest BCUT2D eigenvalue weighted by Crippen LogP contribution is -2.45. The third-order valence-corrected chi connectivity index (χ3v) is 2.79. The molecule has 0 spiro atoms. The van der Waals surface area contributed by atoms with Gasteiger partial charge in [0.25, 0.3) is 0 Å². The van der Waals surface area contributed by atoms with Crippen molar-refractivity contribution in [1.29, 1.82) is 0 Å². The van der Waals surface area contributed by atoms with Crippen LogP contribution in [-0.2, 0) is 4.79 Å². The SMILES string of the molecule is CCCN(C)C(C)CNC(=O)C(C)(C)Br. The van der Waals surface area contributed by atoms with Crippen molar-refractivity contribution in [3.05, 3.63) is 0 Å². The summed E-state index contributed by atoms with van der Waals surface area (Å²) < 4.78 is -0.476. The van der Waals surface area contributed by atoms with Crippen LogP contribution in [0.2, 0.25) is 0 Å². The Labute approximate surface area is 102 Å². The maximum atomic E-state index is 11.6. The minimum atomic E-state index is -0.476. The molecule has 0 aliphatic rings. The summed E-state index contributed by atoms with van der Waals surface area (Å²) in [5.74, 6) is 0.0410. The lowest BCUT2D eigenvalue weighted by atomic mass is 10.2. The van der Waals surface area contributed by atoms with Crippen LogP contribution >= 0.6 is 15.9 Å². The van der Waals surface area contributed by atoms with Gasteiger partial charge in [0, 0.05) is 12.6 Å². The van der Waals surface area contributed by atoms with Gasteiger partial charge in [0.1, 0.15) is 0 Å². The third-order valence-electron chi connectivity index (χ3n) is 2.43. The molecule has 0 radical (unpaired) electrons. The van der Waals surface area contributed by atoms with Crippen LogP contribution < -0.4 is 5.32 Å². The molecule has 90 valence electrons.